The fourth-order valence-electron chi connectivity index (χ4n) is 3.17. The molecule has 0 bridgehead atoms. The van der Waals surface area contributed by atoms with Crippen LogP contribution in [0, 0.1) is 13.8 Å². The molecular formula is C20H19N5O2S. The van der Waals surface area contributed by atoms with Gasteiger partial charge in [-0.2, -0.15) is 0 Å². The van der Waals surface area contributed by atoms with E-state index in [1.54, 1.807) is 17.6 Å². The van der Waals surface area contributed by atoms with Gasteiger partial charge in [0.1, 0.15) is 0 Å². The summed E-state index contributed by atoms with van der Waals surface area (Å²) in [6.07, 6.45) is 0. The van der Waals surface area contributed by atoms with Crippen LogP contribution in [0.1, 0.15) is 18.1 Å². The fraction of sp³-hybridized carbons (Fsp3) is 0.200. The van der Waals surface area contributed by atoms with Crippen LogP contribution in [0.15, 0.2) is 52.4 Å². The van der Waals surface area contributed by atoms with E-state index in [2.05, 4.69) is 10.2 Å². The van der Waals surface area contributed by atoms with Gasteiger partial charge in [-0.05, 0) is 50.1 Å². The molecule has 4 aromatic rings. The number of fused-ring (bicyclic) bond motifs is 3. The zero-order valence-electron chi connectivity index (χ0n) is 15.7. The maximum Gasteiger partial charge on any atom is 0.267 e. The largest absolute Gasteiger partial charge is 0.369 e. The SMILES string of the molecule is Cc1cccc(-n2c(=O)c3ccccc3n3c(SC(C)C(N)=O)nnc23)c1C. The summed E-state index contributed by atoms with van der Waals surface area (Å²) in [5, 5.41) is 9.12. The minimum Gasteiger partial charge on any atom is -0.369 e. The van der Waals surface area contributed by atoms with E-state index in [0.29, 0.717) is 21.8 Å². The highest BCUT2D eigenvalue weighted by Gasteiger charge is 2.21. The number of carbonyl (C=O) groups is 1. The Hall–Kier alpha value is -3.13. The molecule has 2 N–H and O–H groups in total. The molecule has 2 aromatic heterocycles. The maximum absolute atomic E-state index is 13.3. The first-order valence-corrected chi connectivity index (χ1v) is 9.69. The first-order chi connectivity index (χ1) is 13.4. The molecule has 0 saturated heterocycles. The van der Waals surface area contributed by atoms with Crippen molar-refractivity contribution in [2.45, 2.75) is 31.2 Å². The van der Waals surface area contributed by atoms with Crippen molar-refractivity contribution in [3.63, 3.8) is 0 Å². The summed E-state index contributed by atoms with van der Waals surface area (Å²) in [7, 11) is 0. The smallest absolute Gasteiger partial charge is 0.267 e. The lowest BCUT2D eigenvalue weighted by Gasteiger charge is -2.14. The number of thioether (sulfide) groups is 1. The number of aryl methyl sites for hydroxylation is 1. The number of benzene rings is 2. The highest BCUT2D eigenvalue weighted by molar-refractivity contribution is 8.00. The number of rotatable bonds is 4. The molecule has 0 radical (unpaired) electrons. The van der Waals surface area contributed by atoms with Gasteiger partial charge < -0.3 is 5.73 Å². The minimum absolute atomic E-state index is 0.163. The Morgan fingerprint density at radius 1 is 1.11 bits per heavy atom. The lowest BCUT2D eigenvalue weighted by atomic mass is 10.1. The quantitative estimate of drug-likeness (QED) is 0.538. The Bertz CT molecular complexity index is 1290. The molecular weight excluding hydrogens is 374 g/mol. The normalized spacial score (nSPS) is 12.5. The first kappa shape index (κ1) is 18.2. The third-order valence-electron chi connectivity index (χ3n) is 4.89. The summed E-state index contributed by atoms with van der Waals surface area (Å²) in [5.74, 6) is -0.0366. The van der Waals surface area contributed by atoms with E-state index in [1.165, 1.54) is 11.8 Å². The van der Waals surface area contributed by atoms with Gasteiger partial charge in [0.05, 0.1) is 21.8 Å². The van der Waals surface area contributed by atoms with Gasteiger partial charge in [0.25, 0.3) is 5.56 Å². The molecule has 8 heteroatoms. The maximum atomic E-state index is 13.3. The molecule has 142 valence electrons. The average Bonchev–Trinajstić information content (AvgIpc) is 3.08. The zero-order chi connectivity index (χ0) is 20.0. The van der Waals surface area contributed by atoms with Crippen molar-refractivity contribution in [2.75, 3.05) is 0 Å². The van der Waals surface area contributed by atoms with Crippen LogP contribution in [0.2, 0.25) is 0 Å². The number of primary amides is 1. The van der Waals surface area contributed by atoms with Crippen molar-refractivity contribution < 1.29 is 4.79 Å². The van der Waals surface area contributed by atoms with Crippen LogP contribution >= 0.6 is 11.8 Å². The second kappa shape index (κ2) is 6.79. The number of nitrogens with zero attached hydrogens (tertiary/aromatic N) is 4. The summed E-state index contributed by atoms with van der Waals surface area (Å²) < 4.78 is 3.39. The molecule has 4 rings (SSSR count). The van der Waals surface area contributed by atoms with Crippen LogP contribution in [-0.2, 0) is 4.79 Å². The van der Waals surface area contributed by atoms with Crippen molar-refractivity contribution >= 4 is 34.3 Å². The van der Waals surface area contributed by atoms with Crippen LogP contribution in [0.4, 0.5) is 0 Å². The van der Waals surface area contributed by atoms with Crippen LogP contribution in [0.5, 0.6) is 0 Å². The van der Waals surface area contributed by atoms with Crippen LogP contribution in [0.3, 0.4) is 0 Å². The van der Waals surface area contributed by atoms with E-state index in [-0.39, 0.29) is 5.56 Å². The number of carbonyl (C=O) groups excluding carboxylic acids is 1. The second-order valence-electron chi connectivity index (χ2n) is 6.66. The van der Waals surface area contributed by atoms with Gasteiger partial charge in [-0.25, -0.2) is 4.57 Å². The summed E-state index contributed by atoms with van der Waals surface area (Å²) in [6.45, 7) is 5.70. The Balaban J connectivity index is 2.12. The molecule has 0 aliphatic rings. The topological polar surface area (TPSA) is 95.3 Å². The van der Waals surface area contributed by atoms with Gasteiger partial charge in [-0.15, -0.1) is 10.2 Å². The summed E-state index contributed by atoms with van der Waals surface area (Å²) >= 11 is 1.22. The van der Waals surface area contributed by atoms with E-state index in [4.69, 9.17) is 5.73 Å². The molecule has 7 nitrogen and oxygen atoms in total. The molecule has 2 heterocycles. The summed E-state index contributed by atoms with van der Waals surface area (Å²) in [5.41, 5.74) is 8.77. The van der Waals surface area contributed by atoms with Crippen molar-refractivity contribution in [1.29, 1.82) is 0 Å². The van der Waals surface area contributed by atoms with E-state index in [9.17, 15) is 9.59 Å². The van der Waals surface area contributed by atoms with Crippen LogP contribution in [-0.4, -0.2) is 30.3 Å². The number of hydrogen-bond acceptors (Lipinski definition) is 5. The molecule has 2 aromatic carbocycles. The van der Waals surface area contributed by atoms with Gasteiger partial charge in [0.15, 0.2) is 5.16 Å². The fourth-order valence-corrected chi connectivity index (χ4v) is 3.97. The summed E-state index contributed by atoms with van der Waals surface area (Å²) in [4.78, 5) is 24.9. The number of amides is 1. The lowest BCUT2D eigenvalue weighted by Crippen LogP contribution is -2.24. The summed E-state index contributed by atoms with van der Waals surface area (Å²) in [6, 6.07) is 13.1. The molecule has 0 saturated carbocycles. The Morgan fingerprint density at radius 2 is 1.86 bits per heavy atom. The third kappa shape index (κ3) is 2.77. The Kier molecular flexibility index (Phi) is 4.43. The standard InChI is InChI=1S/C20H19N5O2S/c1-11-7-6-10-15(12(11)2)24-18(27)14-8-4-5-9-16(14)25-19(24)22-23-20(25)28-13(3)17(21)26/h4-10,13H,1-3H3,(H2,21,26). The van der Waals surface area contributed by atoms with Crippen molar-refractivity contribution in [3.05, 3.63) is 63.9 Å². The number of nitrogens with two attached hydrogens (primary N) is 1. The van der Waals surface area contributed by atoms with Crippen LogP contribution in [0.25, 0.3) is 22.4 Å². The predicted molar refractivity (Wildman–Crippen MR) is 110 cm³/mol. The lowest BCUT2D eigenvalue weighted by molar-refractivity contribution is -0.117. The number of hydrogen-bond donors (Lipinski definition) is 1. The molecule has 0 aliphatic carbocycles. The van der Waals surface area contributed by atoms with Gasteiger partial charge in [-0.3, -0.25) is 14.0 Å². The first-order valence-electron chi connectivity index (χ1n) is 8.81. The molecule has 28 heavy (non-hydrogen) atoms. The minimum atomic E-state index is -0.479. The highest BCUT2D eigenvalue weighted by atomic mass is 32.2. The van der Waals surface area contributed by atoms with Crippen LogP contribution < -0.4 is 11.3 Å². The van der Waals surface area contributed by atoms with Gasteiger partial charge >= 0.3 is 0 Å². The monoisotopic (exact) mass is 393 g/mol. The Labute approximate surface area is 165 Å². The van der Waals surface area contributed by atoms with E-state index in [1.807, 2.05) is 54.6 Å². The van der Waals surface area contributed by atoms with E-state index in [0.717, 1.165) is 16.8 Å². The van der Waals surface area contributed by atoms with Gasteiger partial charge in [-0.1, -0.05) is 36.0 Å². The van der Waals surface area contributed by atoms with Crippen molar-refractivity contribution in [3.8, 4) is 5.69 Å². The highest BCUT2D eigenvalue weighted by Crippen LogP contribution is 2.27. The predicted octanol–water partition coefficient (Wildman–Crippen LogP) is 2.62. The molecule has 1 amide bonds. The third-order valence-corrected chi connectivity index (χ3v) is 5.96. The van der Waals surface area contributed by atoms with E-state index < -0.39 is 11.2 Å². The number of para-hydroxylation sites is 1. The molecule has 0 spiro atoms. The van der Waals surface area contributed by atoms with E-state index >= 15 is 0 Å². The Morgan fingerprint density at radius 3 is 2.61 bits per heavy atom. The molecule has 1 unspecified atom stereocenters. The van der Waals surface area contributed by atoms with Gasteiger partial charge in [0, 0.05) is 0 Å². The van der Waals surface area contributed by atoms with Crippen molar-refractivity contribution in [2.24, 2.45) is 5.73 Å². The second-order valence-corrected chi connectivity index (χ2v) is 7.97. The molecule has 0 fully saturated rings. The zero-order valence-corrected chi connectivity index (χ0v) is 16.5. The van der Waals surface area contributed by atoms with Gasteiger partial charge in [0.2, 0.25) is 11.7 Å². The molecule has 0 aliphatic heterocycles. The van der Waals surface area contributed by atoms with Crippen molar-refractivity contribution in [1.82, 2.24) is 19.2 Å². The number of aromatic nitrogens is 4. The average molecular weight is 393 g/mol. The molecule has 1 atom stereocenters.